The third-order valence-electron chi connectivity index (χ3n) is 4.13. The monoisotopic (exact) mass is 355 g/mol. The summed E-state index contributed by atoms with van der Waals surface area (Å²) in [6.07, 6.45) is 2.21. The third kappa shape index (κ3) is 4.44. The highest BCUT2D eigenvalue weighted by Gasteiger charge is 2.23. The van der Waals surface area contributed by atoms with Crippen molar-refractivity contribution in [1.29, 1.82) is 0 Å². The molecular formula is C16H25N3O4S. The van der Waals surface area contributed by atoms with E-state index >= 15 is 0 Å². The summed E-state index contributed by atoms with van der Waals surface area (Å²) >= 11 is 1.43. The number of aromatic nitrogens is 1. The Morgan fingerprint density at radius 2 is 2.25 bits per heavy atom. The molecule has 0 aromatic carbocycles. The average molecular weight is 355 g/mol. The molecule has 134 valence electrons. The van der Waals surface area contributed by atoms with Gasteiger partial charge < -0.3 is 24.4 Å². The number of nitrogens with zero attached hydrogens (tertiary/aromatic N) is 2. The van der Waals surface area contributed by atoms with E-state index in [1.165, 1.54) is 11.3 Å². The summed E-state index contributed by atoms with van der Waals surface area (Å²) in [6.45, 7) is 7.24. The van der Waals surface area contributed by atoms with Crippen LogP contribution in [0.25, 0.3) is 0 Å². The van der Waals surface area contributed by atoms with Gasteiger partial charge in [0.1, 0.15) is 4.88 Å². The molecule has 1 unspecified atom stereocenters. The van der Waals surface area contributed by atoms with Crippen LogP contribution in [-0.4, -0.2) is 63.1 Å². The van der Waals surface area contributed by atoms with Crippen molar-refractivity contribution in [2.45, 2.75) is 32.5 Å². The normalized spacial score (nSPS) is 21.2. The minimum Gasteiger partial charge on any atom is -0.378 e. The molecule has 0 saturated carbocycles. The third-order valence-corrected chi connectivity index (χ3v) is 5.29. The summed E-state index contributed by atoms with van der Waals surface area (Å²) in [5, 5.41) is 3.85. The van der Waals surface area contributed by atoms with Gasteiger partial charge in [-0.3, -0.25) is 4.79 Å². The zero-order chi connectivity index (χ0) is 16.8. The number of hydrogen-bond donors (Lipinski definition) is 1. The lowest BCUT2D eigenvalue weighted by Gasteiger charge is -2.26. The van der Waals surface area contributed by atoms with E-state index in [1.807, 2.05) is 6.92 Å². The number of morpholine rings is 1. The second-order valence-corrected chi connectivity index (χ2v) is 6.83. The van der Waals surface area contributed by atoms with Crippen molar-refractivity contribution >= 4 is 22.4 Å². The molecule has 8 heteroatoms. The predicted octanol–water partition coefficient (Wildman–Crippen LogP) is 1.42. The number of amides is 1. The molecule has 3 rings (SSSR count). The largest absolute Gasteiger partial charge is 0.378 e. The number of thiazole rings is 1. The number of nitrogens with one attached hydrogen (secondary N) is 1. The summed E-state index contributed by atoms with van der Waals surface area (Å²) in [7, 11) is 0. The number of carbonyl (C=O) groups excluding carboxylic acids is 1. The van der Waals surface area contributed by atoms with Crippen molar-refractivity contribution in [3.05, 3.63) is 10.6 Å². The van der Waals surface area contributed by atoms with Gasteiger partial charge in [0.2, 0.25) is 0 Å². The number of anilines is 1. The highest BCUT2D eigenvalue weighted by molar-refractivity contribution is 7.17. The second-order valence-electron chi connectivity index (χ2n) is 5.85. The van der Waals surface area contributed by atoms with Crippen LogP contribution >= 0.6 is 11.3 Å². The second kappa shape index (κ2) is 8.75. The van der Waals surface area contributed by atoms with Crippen molar-refractivity contribution in [3.8, 4) is 0 Å². The van der Waals surface area contributed by atoms with Gasteiger partial charge in [0.25, 0.3) is 5.91 Å². The maximum absolute atomic E-state index is 12.6. The highest BCUT2D eigenvalue weighted by atomic mass is 32.1. The number of rotatable bonds is 7. The van der Waals surface area contributed by atoms with Crippen LogP contribution in [0.3, 0.4) is 0 Å². The molecule has 0 bridgehead atoms. The zero-order valence-electron chi connectivity index (χ0n) is 14.1. The van der Waals surface area contributed by atoms with Crippen molar-refractivity contribution in [3.63, 3.8) is 0 Å². The molecule has 1 aromatic heterocycles. The van der Waals surface area contributed by atoms with Crippen molar-refractivity contribution in [1.82, 2.24) is 10.3 Å². The summed E-state index contributed by atoms with van der Waals surface area (Å²) in [4.78, 5) is 20.0. The fourth-order valence-electron chi connectivity index (χ4n) is 2.80. The van der Waals surface area contributed by atoms with Crippen molar-refractivity contribution < 1.29 is 19.0 Å². The van der Waals surface area contributed by atoms with Crippen LogP contribution in [0.4, 0.5) is 5.13 Å². The Kier molecular flexibility index (Phi) is 6.42. The zero-order valence-corrected chi connectivity index (χ0v) is 14.9. The first kappa shape index (κ1) is 17.6. The van der Waals surface area contributed by atoms with Crippen LogP contribution in [0.1, 0.15) is 35.1 Å². The SMILES string of the molecule is CCOCc1nc(N2CCOCC2)sc1C(=O)NCC1CCCO1. The van der Waals surface area contributed by atoms with E-state index in [-0.39, 0.29) is 12.0 Å². The van der Waals surface area contributed by atoms with E-state index in [9.17, 15) is 4.79 Å². The molecule has 3 heterocycles. The molecule has 2 fully saturated rings. The summed E-state index contributed by atoms with van der Waals surface area (Å²) < 4.78 is 16.4. The van der Waals surface area contributed by atoms with Gasteiger partial charge in [0, 0.05) is 32.8 Å². The molecule has 2 saturated heterocycles. The Morgan fingerprint density at radius 1 is 1.42 bits per heavy atom. The van der Waals surface area contributed by atoms with Gasteiger partial charge in [0.15, 0.2) is 5.13 Å². The molecule has 0 spiro atoms. The van der Waals surface area contributed by atoms with E-state index in [2.05, 4.69) is 15.2 Å². The number of carbonyl (C=O) groups is 1. The molecule has 1 aromatic rings. The molecule has 2 aliphatic heterocycles. The van der Waals surface area contributed by atoms with Gasteiger partial charge in [-0.25, -0.2) is 4.98 Å². The first-order valence-electron chi connectivity index (χ1n) is 8.58. The van der Waals surface area contributed by atoms with E-state index < -0.39 is 0 Å². The molecule has 24 heavy (non-hydrogen) atoms. The van der Waals surface area contributed by atoms with Crippen LogP contribution < -0.4 is 10.2 Å². The summed E-state index contributed by atoms with van der Waals surface area (Å²) in [5.74, 6) is -0.0859. The van der Waals surface area contributed by atoms with Gasteiger partial charge in [-0.2, -0.15) is 0 Å². The van der Waals surface area contributed by atoms with Crippen LogP contribution in [0.5, 0.6) is 0 Å². The van der Waals surface area contributed by atoms with E-state index in [0.29, 0.717) is 43.5 Å². The lowest BCUT2D eigenvalue weighted by Crippen LogP contribution is -2.36. The van der Waals surface area contributed by atoms with Crippen LogP contribution in [-0.2, 0) is 20.8 Å². The van der Waals surface area contributed by atoms with E-state index in [4.69, 9.17) is 14.2 Å². The standard InChI is InChI=1S/C16H25N3O4S/c1-2-21-11-13-14(15(20)17-10-12-4-3-7-23-12)24-16(18-13)19-5-8-22-9-6-19/h12H,2-11H2,1H3,(H,17,20). The average Bonchev–Trinajstić information content (AvgIpc) is 3.28. The van der Waals surface area contributed by atoms with Gasteiger partial charge in [-0.05, 0) is 19.8 Å². The first-order valence-corrected chi connectivity index (χ1v) is 9.39. The van der Waals surface area contributed by atoms with Gasteiger partial charge in [-0.15, -0.1) is 0 Å². The minimum atomic E-state index is -0.0859. The fraction of sp³-hybridized carbons (Fsp3) is 0.750. The number of hydrogen-bond acceptors (Lipinski definition) is 7. The lowest BCUT2D eigenvalue weighted by atomic mass is 10.2. The Labute approximate surface area is 146 Å². The molecule has 0 aliphatic carbocycles. The Bertz CT molecular complexity index is 539. The quantitative estimate of drug-likeness (QED) is 0.798. The molecule has 7 nitrogen and oxygen atoms in total. The van der Waals surface area contributed by atoms with Crippen LogP contribution in [0.15, 0.2) is 0 Å². The number of ether oxygens (including phenoxy) is 3. The van der Waals surface area contributed by atoms with E-state index in [1.54, 1.807) is 0 Å². The maximum Gasteiger partial charge on any atom is 0.263 e. The molecule has 0 radical (unpaired) electrons. The highest BCUT2D eigenvalue weighted by Crippen LogP contribution is 2.28. The molecule has 1 atom stereocenters. The summed E-state index contributed by atoms with van der Waals surface area (Å²) in [5.41, 5.74) is 0.716. The summed E-state index contributed by atoms with van der Waals surface area (Å²) in [6, 6.07) is 0. The molecular weight excluding hydrogens is 330 g/mol. The maximum atomic E-state index is 12.6. The van der Waals surface area contributed by atoms with Crippen LogP contribution in [0, 0.1) is 0 Å². The van der Waals surface area contributed by atoms with Crippen LogP contribution in [0.2, 0.25) is 0 Å². The predicted molar refractivity (Wildman–Crippen MR) is 91.8 cm³/mol. The molecule has 1 amide bonds. The first-order chi connectivity index (χ1) is 11.8. The Balaban J connectivity index is 1.68. The van der Waals surface area contributed by atoms with Gasteiger partial charge in [-0.1, -0.05) is 11.3 Å². The Hall–Kier alpha value is -1.22. The minimum absolute atomic E-state index is 0.0859. The topological polar surface area (TPSA) is 72.9 Å². The Morgan fingerprint density at radius 3 is 2.96 bits per heavy atom. The lowest BCUT2D eigenvalue weighted by molar-refractivity contribution is 0.0854. The van der Waals surface area contributed by atoms with Crippen molar-refractivity contribution in [2.24, 2.45) is 0 Å². The smallest absolute Gasteiger partial charge is 0.263 e. The van der Waals surface area contributed by atoms with Crippen molar-refractivity contribution in [2.75, 3.05) is 51.0 Å². The molecule has 2 aliphatic rings. The van der Waals surface area contributed by atoms with Gasteiger partial charge >= 0.3 is 0 Å². The van der Waals surface area contributed by atoms with Gasteiger partial charge in [0.05, 0.1) is 31.6 Å². The fourth-order valence-corrected chi connectivity index (χ4v) is 3.83. The van der Waals surface area contributed by atoms with E-state index in [0.717, 1.165) is 37.7 Å². The molecule has 1 N–H and O–H groups in total.